The summed E-state index contributed by atoms with van der Waals surface area (Å²) in [5.41, 5.74) is 2.73. The van der Waals surface area contributed by atoms with Crippen LogP contribution in [0.3, 0.4) is 0 Å². The topological polar surface area (TPSA) is 56.8 Å². The molecular weight excluding hydrogens is 270 g/mol. The Kier molecular flexibility index (Phi) is 4.49. The lowest BCUT2D eigenvalue weighted by molar-refractivity contribution is -0.690. The third-order valence-corrected chi connectivity index (χ3v) is 3.90. The van der Waals surface area contributed by atoms with Gasteiger partial charge in [0.25, 0.3) is 5.91 Å². The van der Waals surface area contributed by atoms with E-state index in [1.54, 1.807) is 11.4 Å². The molecule has 0 aromatic carbocycles. The zero-order chi connectivity index (χ0) is 14.5. The molecule has 0 unspecified atom stereocenters. The van der Waals surface area contributed by atoms with Gasteiger partial charge >= 0.3 is 0 Å². The summed E-state index contributed by atoms with van der Waals surface area (Å²) < 4.78 is 1.92. The highest BCUT2D eigenvalue weighted by molar-refractivity contribution is 7.14. The molecule has 20 heavy (non-hydrogen) atoms. The minimum atomic E-state index is -0.120. The molecule has 0 bridgehead atoms. The molecule has 0 aliphatic rings. The van der Waals surface area contributed by atoms with E-state index in [0.717, 1.165) is 12.1 Å². The van der Waals surface area contributed by atoms with Crippen molar-refractivity contribution in [1.29, 1.82) is 5.26 Å². The van der Waals surface area contributed by atoms with Gasteiger partial charge in [-0.1, -0.05) is 6.92 Å². The quantitative estimate of drug-likeness (QED) is 0.878. The predicted octanol–water partition coefficient (Wildman–Crippen LogP) is 2.42. The molecular formula is C15H16N3OS+. The first-order valence-corrected chi connectivity index (χ1v) is 7.28. The number of nitriles is 1. The van der Waals surface area contributed by atoms with Crippen molar-refractivity contribution in [2.45, 2.75) is 26.8 Å². The van der Waals surface area contributed by atoms with Gasteiger partial charge in [0.2, 0.25) is 6.54 Å². The molecule has 0 radical (unpaired) electrons. The van der Waals surface area contributed by atoms with E-state index in [1.165, 1.54) is 16.9 Å². The first-order valence-electron chi connectivity index (χ1n) is 6.40. The van der Waals surface area contributed by atoms with Crippen LogP contribution in [0.5, 0.6) is 0 Å². The Morgan fingerprint density at radius 1 is 1.45 bits per heavy atom. The first-order chi connectivity index (χ1) is 9.63. The SMILES string of the molecule is CCc1ccc(C)[n+](CC(=O)Nc2sccc2C#N)c1. The lowest BCUT2D eigenvalue weighted by Gasteiger charge is -2.04. The first kappa shape index (κ1) is 14.2. The summed E-state index contributed by atoms with van der Waals surface area (Å²) in [6, 6.07) is 7.85. The average Bonchev–Trinajstić information content (AvgIpc) is 2.88. The van der Waals surface area contributed by atoms with Crippen molar-refractivity contribution in [2.24, 2.45) is 0 Å². The monoisotopic (exact) mass is 286 g/mol. The molecule has 102 valence electrons. The highest BCUT2D eigenvalue weighted by atomic mass is 32.1. The smallest absolute Gasteiger partial charge is 0.290 e. The van der Waals surface area contributed by atoms with Crippen molar-refractivity contribution in [3.05, 3.63) is 46.6 Å². The lowest BCUT2D eigenvalue weighted by atomic mass is 10.2. The summed E-state index contributed by atoms with van der Waals surface area (Å²) >= 11 is 1.36. The second kappa shape index (κ2) is 6.31. The van der Waals surface area contributed by atoms with Gasteiger partial charge in [0.15, 0.2) is 11.9 Å². The number of nitrogens with one attached hydrogen (secondary N) is 1. The Labute approximate surface area is 122 Å². The van der Waals surface area contributed by atoms with Gasteiger partial charge in [-0.05, 0) is 23.9 Å². The third kappa shape index (κ3) is 3.22. The van der Waals surface area contributed by atoms with E-state index in [1.807, 2.05) is 23.8 Å². The summed E-state index contributed by atoms with van der Waals surface area (Å²) in [6.07, 6.45) is 2.93. The van der Waals surface area contributed by atoms with Crippen molar-refractivity contribution in [2.75, 3.05) is 5.32 Å². The maximum absolute atomic E-state index is 12.1. The summed E-state index contributed by atoms with van der Waals surface area (Å²) in [5, 5.41) is 14.1. The molecule has 0 saturated heterocycles. The highest BCUT2D eigenvalue weighted by Gasteiger charge is 2.15. The van der Waals surface area contributed by atoms with Gasteiger partial charge in [-0.3, -0.25) is 4.79 Å². The fraction of sp³-hybridized carbons (Fsp3) is 0.267. The molecule has 1 N–H and O–H groups in total. The largest absolute Gasteiger partial charge is 0.311 e. The Morgan fingerprint density at radius 3 is 2.95 bits per heavy atom. The van der Waals surface area contributed by atoms with E-state index < -0.39 is 0 Å². The van der Waals surface area contributed by atoms with Crippen LogP contribution >= 0.6 is 11.3 Å². The third-order valence-electron chi connectivity index (χ3n) is 3.07. The van der Waals surface area contributed by atoms with Crippen molar-refractivity contribution in [1.82, 2.24) is 0 Å². The van der Waals surface area contributed by atoms with Gasteiger partial charge in [-0.25, -0.2) is 0 Å². The van der Waals surface area contributed by atoms with E-state index in [9.17, 15) is 4.79 Å². The molecule has 0 atom stereocenters. The molecule has 4 nitrogen and oxygen atoms in total. The van der Waals surface area contributed by atoms with Gasteiger partial charge in [0.05, 0.1) is 5.56 Å². The van der Waals surface area contributed by atoms with Crippen LogP contribution in [-0.2, 0) is 17.8 Å². The normalized spacial score (nSPS) is 10.1. The number of aromatic nitrogens is 1. The van der Waals surface area contributed by atoms with Crippen LogP contribution in [0.4, 0.5) is 5.00 Å². The fourth-order valence-electron chi connectivity index (χ4n) is 1.86. The number of aryl methyl sites for hydroxylation is 2. The van der Waals surface area contributed by atoms with E-state index in [0.29, 0.717) is 10.6 Å². The van der Waals surface area contributed by atoms with Crippen LogP contribution < -0.4 is 9.88 Å². The Balaban J connectivity index is 2.11. The average molecular weight is 286 g/mol. The van der Waals surface area contributed by atoms with Crippen LogP contribution in [0, 0.1) is 18.3 Å². The Bertz CT molecular complexity index is 670. The molecule has 2 aromatic rings. The van der Waals surface area contributed by atoms with Gasteiger partial charge in [-0.2, -0.15) is 9.83 Å². The second-order valence-electron chi connectivity index (χ2n) is 4.48. The van der Waals surface area contributed by atoms with Crippen molar-refractivity contribution < 1.29 is 9.36 Å². The standard InChI is InChI=1S/C15H15N3OS/c1-3-12-5-4-11(2)18(9-12)10-14(19)17-15-13(8-16)6-7-20-15/h4-7,9H,3,10H2,1-2H3/p+1. The van der Waals surface area contributed by atoms with Crippen LogP contribution in [0.15, 0.2) is 29.8 Å². The molecule has 2 heterocycles. The molecule has 5 heteroatoms. The molecule has 1 amide bonds. The number of thiophene rings is 1. The number of hydrogen-bond donors (Lipinski definition) is 1. The van der Waals surface area contributed by atoms with Crippen LogP contribution in [0.1, 0.15) is 23.7 Å². The maximum Gasteiger partial charge on any atom is 0.290 e. The van der Waals surface area contributed by atoms with Gasteiger partial charge in [-0.15, -0.1) is 11.3 Å². The molecule has 0 saturated carbocycles. The lowest BCUT2D eigenvalue weighted by Crippen LogP contribution is -2.42. The van der Waals surface area contributed by atoms with Gasteiger partial charge < -0.3 is 5.32 Å². The van der Waals surface area contributed by atoms with Crippen molar-refractivity contribution >= 4 is 22.2 Å². The minimum Gasteiger partial charge on any atom is -0.311 e. The van der Waals surface area contributed by atoms with Crippen LogP contribution in [-0.4, -0.2) is 5.91 Å². The number of rotatable bonds is 4. The summed E-state index contributed by atoms with van der Waals surface area (Å²) in [5.74, 6) is -0.120. The van der Waals surface area contributed by atoms with Gasteiger partial charge in [0, 0.05) is 18.6 Å². The number of carbonyl (C=O) groups is 1. The Hall–Kier alpha value is -2.19. The van der Waals surface area contributed by atoms with E-state index in [2.05, 4.69) is 24.4 Å². The summed E-state index contributed by atoms with van der Waals surface area (Å²) in [4.78, 5) is 12.1. The van der Waals surface area contributed by atoms with Crippen LogP contribution in [0.2, 0.25) is 0 Å². The van der Waals surface area contributed by atoms with Crippen LogP contribution in [0.25, 0.3) is 0 Å². The molecule has 0 spiro atoms. The van der Waals surface area contributed by atoms with E-state index in [-0.39, 0.29) is 12.5 Å². The number of nitrogens with zero attached hydrogens (tertiary/aromatic N) is 2. The zero-order valence-corrected chi connectivity index (χ0v) is 12.3. The number of carbonyl (C=O) groups excluding carboxylic acids is 1. The summed E-state index contributed by atoms with van der Waals surface area (Å²) in [7, 11) is 0. The number of pyridine rings is 1. The Morgan fingerprint density at radius 2 is 2.25 bits per heavy atom. The van der Waals surface area contributed by atoms with Crippen molar-refractivity contribution in [3.8, 4) is 6.07 Å². The number of amides is 1. The maximum atomic E-state index is 12.1. The fourth-order valence-corrected chi connectivity index (χ4v) is 2.62. The molecule has 0 aliphatic carbocycles. The van der Waals surface area contributed by atoms with Gasteiger partial charge in [0.1, 0.15) is 11.1 Å². The minimum absolute atomic E-state index is 0.120. The van der Waals surface area contributed by atoms with E-state index in [4.69, 9.17) is 5.26 Å². The predicted molar refractivity (Wildman–Crippen MR) is 78.4 cm³/mol. The highest BCUT2D eigenvalue weighted by Crippen LogP contribution is 2.21. The zero-order valence-electron chi connectivity index (χ0n) is 11.5. The molecule has 0 aliphatic heterocycles. The molecule has 2 rings (SSSR count). The molecule has 0 fully saturated rings. The summed E-state index contributed by atoms with van der Waals surface area (Å²) in [6.45, 7) is 4.31. The van der Waals surface area contributed by atoms with E-state index >= 15 is 0 Å². The molecule has 2 aromatic heterocycles. The number of hydrogen-bond acceptors (Lipinski definition) is 3. The number of anilines is 1. The second-order valence-corrected chi connectivity index (χ2v) is 5.40. The van der Waals surface area contributed by atoms with Crippen molar-refractivity contribution in [3.63, 3.8) is 0 Å².